The summed E-state index contributed by atoms with van der Waals surface area (Å²) in [5, 5.41) is 10.3. The number of hydrogen-bond donors (Lipinski definition) is 2. The third-order valence-corrected chi connectivity index (χ3v) is 4.17. The molecule has 1 aliphatic rings. The van der Waals surface area contributed by atoms with Gasteiger partial charge >= 0.3 is 6.18 Å². The molecule has 0 aliphatic heterocycles. The van der Waals surface area contributed by atoms with Crippen LogP contribution in [0.1, 0.15) is 42.9 Å². The largest absolute Gasteiger partial charge is 0.496 e. The van der Waals surface area contributed by atoms with Crippen molar-refractivity contribution in [3.05, 3.63) is 29.3 Å². The van der Waals surface area contributed by atoms with Crippen molar-refractivity contribution in [3.8, 4) is 5.75 Å². The van der Waals surface area contributed by atoms with E-state index in [9.17, 15) is 18.3 Å². The highest BCUT2D eigenvalue weighted by Crippen LogP contribution is 2.38. The lowest BCUT2D eigenvalue weighted by atomic mass is 9.90. The van der Waals surface area contributed by atoms with Crippen LogP contribution in [0.15, 0.2) is 18.2 Å². The van der Waals surface area contributed by atoms with Gasteiger partial charge in [0.1, 0.15) is 5.75 Å². The second kappa shape index (κ2) is 6.23. The normalized spacial score (nSPS) is 19.5. The Morgan fingerprint density at radius 2 is 1.90 bits per heavy atom. The molecular weight excluding hydrogens is 283 g/mol. The Labute approximate surface area is 121 Å². The predicted molar refractivity (Wildman–Crippen MR) is 72.9 cm³/mol. The molecule has 0 radical (unpaired) electrons. The van der Waals surface area contributed by atoms with Crippen LogP contribution in [-0.2, 0) is 6.18 Å². The van der Waals surface area contributed by atoms with Crippen LogP contribution < -0.4 is 10.5 Å². The number of ether oxygens (including phenoxy) is 1. The first-order chi connectivity index (χ1) is 9.84. The van der Waals surface area contributed by atoms with E-state index in [0.717, 1.165) is 37.8 Å². The van der Waals surface area contributed by atoms with Crippen LogP contribution in [-0.4, -0.2) is 18.3 Å². The number of aliphatic hydroxyl groups is 1. The molecule has 0 saturated heterocycles. The molecule has 2 rings (SSSR count). The summed E-state index contributed by atoms with van der Waals surface area (Å²) in [7, 11) is 1.30. The van der Waals surface area contributed by atoms with Gasteiger partial charge in [-0.2, -0.15) is 13.2 Å². The molecule has 0 aromatic heterocycles. The molecule has 21 heavy (non-hydrogen) atoms. The standard InChI is InChI=1S/C15H20F3NO2/c1-21-12-8-10(15(16,17)18)6-7-11(12)13(19)14(20)9-4-2-3-5-9/h6-9,13-14,20H,2-5,19H2,1H3/t13-,14+/m1/s1. The fourth-order valence-corrected chi connectivity index (χ4v) is 2.94. The Hall–Kier alpha value is -1.27. The highest BCUT2D eigenvalue weighted by Gasteiger charge is 2.34. The SMILES string of the molecule is COc1cc(C(F)(F)F)ccc1[C@@H](N)[C@@H](O)C1CCCC1. The summed E-state index contributed by atoms with van der Waals surface area (Å²) in [6.07, 6.45) is -1.29. The first-order valence-electron chi connectivity index (χ1n) is 7.03. The Kier molecular flexibility index (Phi) is 4.78. The van der Waals surface area contributed by atoms with E-state index in [1.54, 1.807) is 0 Å². The number of benzene rings is 1. The van der Waals surface area contributed by atoms with Crippen LogP contribution in [0.3, 0.4) is 0 Å². The third kappa shape index (κ3) is 3.49. The Bertz CT molecular complexity index is 484. The maximum atomic E-state index is 12.7. The highest BCUT2D eigenvalue weighted by atomic mass is 19.4. The zero-order valence-corrected chi connectivity index (χ0v) is 11.9. The summed E-state index contributed by atoms with van der Waals surface area (Å²) < 4.78 is 43.1. The summed E-state index contributed by atoms with van der Waals surface area (Å²) in [5.41, 5.74) is 5.66. The highest BCUT2D eigenvalue weighted by molar-refractivity contribution is 5.41. The molecule has 1 fully saturated rings. The number of nitrogens with two attached hydrogens (primary N) is 1. The van der Waals surface area contributed by atoms with Crippen LogP contribution in [0, 0.1) is 5.92 Å². The van der Waals surface area contributed by atoms with Crippen molar-refractivity contribution < 1.29 is 23.0 Å². The first kappa shape index (κ1) is 16.1. The van der Waals surface area contributed by atoms with Crippen LogP contribution >= 0.6 is 0 Å². The zero-order chi connectivity index (χ0) is 15.6. The van der Waals surface area contributed by atoms with Crippen LogP contribution in [0.4, 0.5) is 13.2 Å². The van der Waals surface area contributed by atoms with Gasteiger partial charge in [0, 0.05) is 5.56 Å². The van der Waals surface area contributed by atoms with Crippen LogP contribution in [0.2, 0.25) is 0 Å². The number of alkyl halides is 3. The zero-order valence-electron chi connectivity index (χ0n) is 11.9. The van der Waals surface area contributed by atoms with E-state index in [4.69, 9.17) is 10.5 Å². The molecule has 0 bridgehead atoms. The van der Waals surface area contributed by atoms with Gasteiger partial charge in [-0.1, -0.05) is 18.9 Å². The lowest BCUT2D eigenvalue weighted by Crippen LogP contribution is -2.32. The molecule has 1 aliphatic carbocycles. The molecule has 0 unspecified atom stereocenters. The fraction of sp³-hybridized carbons (Fsp3) is 0.600. The lowest BCUT2D eigenvalue weighted by molar-refractivity contribution is -0.137. The molecule has 6 heteroatoms. The van der Waals surface area contributed by atoms with Crippen molar-refractivity contribution in [3.63, 3.8) is 0 Å². The summed E-state index contributed by atoms with van der Waals surface area (Å²) >= 11 is 0. The molecule has 3 N–H and O–H groups in total. The minimum Gasteiger partial charge on any atom is -0.496 e. The average molecular weight is 303 g/mol. The Morgan fingerprint density at radius 1 is 1.29 bits per heavy atom. The van der Waals surface area contributed by atoms with Crippen LogP contribution in [0.5, 0.6) is 5.75 Å². The molecule has 0 spiro atoms. The van der Waals surface area contributed by atoms with E-state index in [-0.39, 0.29) is 11.7 Å². The quantitative estimate of drug-likeness (QED) is 0.897. The van der Waals surface area contributed by atoms with Crippen LogP contribution in [0.25, 0.3) is 0 Å². The maximum Gasteiger partial charge on any atom is 0.416 e. The van der Waals surface area contributed by atoms with E-state index in [0.29, 0.717) is 5.56 Å². The van der Waals surface area contributed by atoms with E-state index in [2.05, 4.69) is 0 Å². The van der Waals surface area contributed by atoms with Crippen molar-refractivity contribution in [1.29, 1.82) is 0 Å². The number of halogens is 3. The van der Waals surface area contributed by atoms with Gasteiger partial charge in [-0.15, -0.1) is 0 Å². The van der Waals surface area contributed by atoms with Crippen molar-refractivity contribution >= 4 is 0 Å². The minimum atomic E-state index is -4.43. The predicted octanol–water partition coefficient (Wildman–Crippen LogP) is 3.26. The molecule has 2 atom stereocenters. The van der Waals surface area contributed by atoms with Gasteiger partial charge in [0.15, 0.2) is 0 Å². The van der Waals surface area contributed by atoms with E-state index in [1.807, 2.05) is 0 Å². The Morgan fingerprint density at radius 3 is 2.43 bits per heavy atom. The summed E-state index contributed by atoms with van der Waals surface area (Å²) in [5.74, 6) is 0.168. The smallest absolute Gasteiger partial charge is 0.416 e. The summed E-state index contributed by atoms with van der Waals surface area (Å²) in [4.78, 5) is 0. The second-order valence-corrected chi connectivity index (χ2v) is 5.52. The molecule has 0 amide bonds. The van der Waals surface area contributed by atoms with Crippen molar-refractivity contribution in [2.75, 3.05) is 7.11 Å². The monoisotopic (exact) mass is 303 g/mol. The molecular formula is C15H20F3NO2. The topological polar surface area (TPSA) is 55.5 Å². The molecule has 1 saturated carbocycles. The molecule has 118 valence electrons. The number of methoxy groups -OCH3 is 1. The van der Waals surface area contributed by atoms with Crippen molar-refractivity contribution in [2.24, 2.45) is 11.7 Å². The average Bonchev–Trinajstić information content (AvgIpc) is 2.98. The van der Waals surface area contributed by atoms with Gasteiger partial charge in [-0.05, 0) is 30.9 Å². The van der Waals surface area contributed by atoms with E-state index >= 15 is 0 Å². The van der Waals surface area contributed by atoms with Gasteiger partial charge in [0.2, 0.25) is 0 Å². The van der Waals surface area contributed by atoms with Crippen molar-refractivity contribution in [1.82, 2.24) is 0 Å². The Balaban J connectivity index is 2.25. The van der Waals surface area contributed by atoms with Gasteiger partial charge in [-0.3, -0.25) is 0 Å². The van der Waals surface area contributed by atoms with Gasteiger partial charge in [0.25, 0.3) is 0 Å². The molecule has 0 heterocycles. The van der Waals surface area contributed by atoms with E-state index in [1.165, 1.54) is 13.2 Å². The lowest BCUT2D eigenvalue weighted by Gasteiger charge is -2.26. The molecule has 1 aromatic carbocycles. The van der Waals surface area contributed by atoms with Crippen molar-refractivity contribution in [2.45, 2.75) is 44.0 Å². The van der Waals surface area contributed by atoms with E-state index < -0.39 is 23.9 Å². The number of hydrogen-bond acceptors (Lipinski definition) is 3. The first-order valence-corrected chi connectivity index (χ1v) is 7.03. The maximum absolute atomic E-state index is 12.7. The molecule has 3 nitrogen and oxygen atoms in total. The molecule has 1 aromatic rings. The van der Waals surface area contributed by atoms with Gasteiger partial charge in [-0.25, -0.2) is 0 Å². The second-order valence-electron chi connectivity index (χ2n) is 5.52. The van der Waals surface area contributed by atoms with Gasteiger partial charge in [0.05, 0.1) is 24.8 Å². The number of aliphatic hydroxyl groups excluding tert-OH is 1. The minimum absolute atomic E-state index is 0.0642. The summed E-state index contributed by atoms with van der Waals surface area (Å²) in [6.45, 7) is 0. The number of rotatable bonds is 4. The van der Waals surface area contributed by atoms with Gasteiger partial charge < -0.3 is 15.6 Å². The summed E-state index contributed by atoms with van der Waals surface area (Å²) in [6, 6.07) is 2.45. The fourth-order valence-electron chi connectivity index (χ4n) is 2.94. The third-order valence-electron chi connectivity index (χ3n) is 4.17.